The molecule has 2 heteroatoms. The monoisotopic (exact) mass is 185 g/mol. The molecule has 0 radical (unpaired) electrons. The molecule has 0 aromatic carbocycles. The van der Waals surface area contributed by atoms with Crippen LogP contribution in [0.25, 0.3) is 0 Å². The number of aliphatic hydroxyl groups excluding tert-OH is 1. The molecule has 1 fully saturated rings. The molecule has 0 aromatic rings. The highest BCUT2D eigenvalue weighted by atomic mass is 16.2. The van der Waals surface area contributed by atoms with E-state index in [-0.39, 0.29) is 0 Å². The molecule has 3 unspecified atom stereocenters. The summed E-state index contributed by atoms with van der Waals surface area (Å²) in [6.07, 6.45) is 6.12. The van der Waals surface area contributed by atoms with Crippen LogP contribution in [0.1, 0.15) is 46.0 Å². The molecule has 1 saturated carbocycles. The minimum absolute atomic E-state index is 0.326. The second-order valence-corrected chi connectivity index (χ2v) is 4.45. The van der Waals surface area contributed by atoms with Gasteiger partial charge in [-0.3, -0.25) is 0 Å². The fraction of sp³-hybridized carbons (Fsp3) is 1.00. The third-order valence-corrected chi connectivity index (χ3v) is 3.16. The van der Waals surface area contributed by atoms with Gasteiger partial charge in [0.1, 0.15) is 0 Å². The van der Waals surface area contributed by atoms with Crippen molar-refractivity contribution < 1.29 is 5.11 Å². The van der Waals surface area contributed by atoms with Crippen molar-refractivity contribution in [3.05, 3.63) is 0 Å². The highest BCUT2D eigenvalue weighted by Crippen LogP contribution is 2.25. The first-order valence-corrected chi connectivity index (χ1v) is 5.61. The standard InChI is InChI=1S/C11H23NO/c1-9-5-3-7-11(9)12-10(2)6-4-8-13/h9-13H,3-8H2,1-2H3. The zero-order valence-corrected chi connectivity index (χ0v) is 8.92. The van der Waals surface area contributed by atoms with Gasteiger partial charge in [-0.15, -0.1) is 0 Å². The molecule has 0 spiro atoms. The maximum atomic E-state index is 8.70. The lowest BCUT2D eigenvalue weighted by atomic mass is 10.0. The maximum Gasteiger partial charge on any atom is 0.0431 e. The Morgan fingerprint density at radius 3 is 2.77 bits per heavy atom. The molecule has 0 amide bonds. The van der Waals surface area contributed by atoms with Gasteiger partial charge in [0.25, 0.3) is 0 Å². The quantitative estimate of drug-likeness (QED) is 0.686. The van der Waals surface area contributed by atoms with Crippen LogP contribution in [0.15, 0.2) is 0 Å². The van der Waals surface area contributed by atoms with Crippen molar-refractivity contribution in [1.82, 2.24) is 5.32 Å². The van der Waals surface area contributed by atoms with Gasteiger partial charge in [-0.05, 0) is 38.5 Å². The summed E-state index contributed by atoms with van der Waals surface area (Å²) >= 11 is 0. The molecular weight excluding hydrogens is 162 g/mol. The van der Waals surface area contributed by atoms with Gasteiger partial charge in [0, 0.05) is 18.7 Å². The SMILES string of the molecule is CC(CCCO)NC1CCCC1C. The topological polar surface area (TPSA) is 32.3 Å². The van der Waals surface area contributed by atoms with E-state index in [1.54, 1.807) is 0 Å². The van der Waals surface area contributed by atoms with Crippen LogP contribution >= 0.6 is 0 Å². The van der Waals surface area contributed by atoms with E-state index in [0.717, 1.165) is 24.8 Å². The van der Waals surface area contributed by atoms with Crippen molar-refractivity contribution in [3.8, 4) is 0 Å². The Morgan fingerprint density at radius 1 is 1.46 bits per heavy atom. The number of rotatable bonds is 5. The van der Waals surface area contributed by atoms with E-state index < -0.39 is 0 Å². The Kier molecular flexibility index (Phi) is 4.74. The average molecular weight is 185 g/mol. The molecule has 0 heterocycles. The summed E-state index contributed by atoms with van der Waals surface area (Å²) < 4.78 is 0. The lowest BCUT2D eigenvalue weighted by molar-refractivity contribution is 0.270. The normalized spacial score (nSPS) is 30.7. The summed E-state index contributed by atoms with van der Waals surface area (Å²) in [5.74, 6) is 0.844. The number of hydrogen-bond donors (Lipinski definition) is 2. The smallest absolute Gasteiger partial charge is 0.0431 e. The summed E-state index contributed by atoms with van der Waals surface area (Å²) in [6.45, 7) is 4.89. The van der Waals surface area contributed by atoms with E-state index in [1.807, 2.05) is 0 Å². The molecule has 0 saturated heterocycles. The summed E-state index contributed by atoms with van der Waals surface area (Å²) in [4.78, 5) is 0. The predicted octanol–water partition coefficient (Wildman–Crippen LogP) is 1.93. The Balaban J connectivity index is 2.15. The molecule has 3 atom stereocenters. The minimum Gasteiger partial charge on any atom is -0.396 e. The summed E-state index contributed by atoms with van der Waals surface area (Å²) in [7, 11) is 0. The van der Waals surface area contributed by atoms with Crippen molar-refractivity contribution in [3.63, 3.8) is 0 Å². The summed E-state index contributed by atoms with van der Waals surface area (Å²) in [5.41, 5.74) is 0. The first-order valence-electron chi connectivity index (χ1n) is 5.61. The van der Waals surface area contributed by atoms with Gasteiger partial charge in [0.2, 0.25) is 0 Å². The number of nitrogens with one attached hydrogen (secondary N) is 1. The van der Waals surface area contributed by atoms with Gasteiger partial charge in [-0.25, -0.2) is 0 Å². The molecule has 0 aliphatic heterocycles. The van der Waals surface area contributed by atoms with E-state index in [1.165, 1.54) is 19.3 Å². The lowest BCUT2D eigenvalue weighted by Crippen LogP contribution is -2.38. The van der Waals surface area contributed by atoms with Crippen LogP contribution in [0.3, 0.4) is 0 Å². The molecular formula is C11H23NO. The maximum absolute atomic E-state index is 8.70. The molecule has 2 N–H and O–H groups in total. The minimum atomic E-state index is 0.326. The van der Waals surface area contributed by atoms with Crippen molar-refractivity contribution in [2.45, 2.75) is 58.0 Å². The Morgan fingerprint density at radius 2 is 2.23 bits per heavy atom. The van der Waals surface area contributed by atoms with E-state index in [9.17, 15) is 0 Å². The van der Waals surface area contributed by atoms with E-state index in [2.05, 4.69) is 19.2 Å². The van der Waals surface area contributed by atoms with Crippen LogP contribution in [0.2, 0.25) is 0 Å². The van der Waals surface area contributed by atoms with Crippen molar-refractivity contribution in [2.75, 3.05) is 6.61 Å². The molecule has 2 nitrogen and oxygen atoms in total. The Bertz CT molecular complexity index is 138. The highest BCUT2D eigenvalue weighted by molar-refractivity contribution is 4.82. The largest absolute Gasteiger partial charge is 0.396 e. The third-order valence-electron chi connectivity index (χ3n) is 3.16. The van der Waals surface area contributed by atoms with Crippen LogP contribution in [-0.2, 0) is 0 Å². The molecule has 0 bridgehead atoms. The zero-order chi connectivity index (χ0) is 9.68. The summed E-state index contributed by atoms with van der Waals surface area (Å²) in [6, 6.07) is 1.30. The van der Waals surface area contributed by atoms with Gasteiger partial charge in [-0.1, -0.05) is 13.3 Å². The molecule has 0 aromatic heterocycles. The fourth-order valence-corrected chi connectivity index (χ4v) is 2.24. The van der Waals surface area contributed by atoms with Crippen LogP contribution in [0, 0.1) is 5.92 Å². The second-order valence-electron chi connectivity index (χ2n) is 4.45. The van der Waals surface area contributed by atoms with Gasteiger partial charge in [0.15, 0.2) is 0 Å². The second kappa shape index (κ2) is 5.61. The van der Waals surface area contributed by atoms with Gasteiger partial charge >= 0.3 is 0 Å². The first-order chi connectivity index (χ1) is 6.24. The first kappa shape index (κ1) is 11.0. The molecule has 13 heavy (non-hydrogen) atoms. The van der Waals surface area contributed by atoms with Gasteiger partial charge < -0.3 is 10.4 Å². The number of hydrogen-bond acceptors (Lipinski definition) is 2. The van der Waals surface area contributed by atoms with E-state index in [4.69, 9.17) is 5.11 Å². The Labute approximate surface area is 81.7 Å². The lowest BCUT2D eigenvalue weighted by Gasteiger charge is -2.22. The van der Waals surface area contributed by atoms with E-state index in [0.29, 0.717) is 12.6 Å². The summed E-state index contributed by atoms with van der Waals surface area (Å²) in [5, 5.41) is 12.4. The molecule has 1 aliphatic carbocycles. The Hall–Kier alpha value is -0.0800. The van der Waals surface area contributed by atoms with Gasteiger partial charge in [0.05, 0.1) is 0 Å². The third kappa shape index (κ3) is 3.65. The highest BCUT2D eigenvalue weighted by Gasteiger charge is 2.23. The van der Waals surface area contributed by atoms with Crippen molar-refractivity contribution in [2.24, 2.45) is 5.92 Å². The fourth-order valence-electron chi connectivity index (χ4n) is 2.24. The average Bonchev–Trinajstić information content (AvgIpc) is 2.48. The van der Waals surface area contributed by atoms with Crippen LogP contribution in [-0.4, -0.2) is 23.8 Å². The van der Waals surface area contributed by atoms with Gasteiger partial charge in [-0.2, -0.15) is 0 Å². The van der Waals surface area contributed by atoms with Crippen molar-refractivity contribution >= 4 is 0 Å². The van der Waals surface area contributed by atoms with E-state index >= 15 is 0 Å². The number of aliphatic hydroxyl groups is 1. The predicted molar refractivity (Wildman–Crippen MR) is 55.7 cm³/mol. The van der Waals surface area contributed by atoms with Crippen LogP contribution in [0.5, 0.6) is 0 Å². The zero-order valence-electron chi connectivity index (χ0n) is 8.92. The van der Waals surface area contributed by atoms with Crippen LogP contribution < -0.4 is 5.32 Å². The molecule has 1 aliphatic rings. The van der Waals surface area contributed by atoms with Crippen molar-refractivity contribution in [1.29, 1.82) is 0 Å². The molecule has 78 valence electrons. The van der Waals surface area contributed by atoms with Crippen LogP contribution in [0.4, 0.5) is 0 Å². The molecule has 1 rings (SSSR count).